The molecule has 0 bridgehead atoms. The molecule has 122 valence electrons. The van der Waals surface area contributed by atoms with Crippen LogP contribution in [0.3, 0.4) is 0 Å². The highest BCUT2D eigenvalue weighted by atomic mass is 127. The minimum atomic E-state index is -3.09. The molecule has 0 aliphatic carbocycles. The molecule has 7 nitrogen and oxygen atoms in total. The Morgan fingerprint density at radius 2 is 1.75 bits per heavy atom. The second kappa shape index (κ2) is 13.8. The molecule has 9 heteroatoms. The summed E-state index contributed by atoms with van der Waals surface area (Å²) >= 11 is 0. The molecule has 0 atom stereocenters. The first-order chi connectivity index (χ1) is 8.99. The van der Waals surface area contributed by atoms with Crippen molar-refractivity contribution in [2.45, 2.75) is 19.8 Å². The molecule has 0 aliphatic heterocycles. The molecule has 0 aromatic carbocycles. The molecule has 0 saturated carbocycles. The molecule has 0 fully saturated rings. The highest BCUT2D eigenvalue weighted by molar-refractivity contribution is 14.0. The van der Waals surface area contributed by atoms with Gasteiger partial charge in [0.2, 0.25) is 10.0 Å². The SMILES string of the molecule is CCOCCCNC(=NC)NCCCNS(C)(=O)=O.I. The van der Waals surface area contributed by atoms with Crippen molar-refractivity contribution in [3.05, 3.63) is 0 Å². The number of nitrogens with one attached hydrogen (secondary N) is 3. The number of guanidine groups is 1. The minimum Gasteiger partial charge on any atom is -0.382 e. The fourth-order valence-electron chi connectivity index (χ4n) is 1.30. The Hall–Kier alpha value is -0.130. The Labute approximate surface area is 139 Å². The lowest BCUT2D eigenvalue weighted by Gasteiger charge is -2.11. The quantitative estimate of drug-likeness (QED) is 0.202. The van der Waals surface area contributed by atoms with Crippen molar-refractivity contribution in [3.63, 3.8) is 0 Å². The van der Waals surface area contributed by atoms with Gasteiger partial charge in [0.1, 0.15) is 0 Å². The van der Waals surface area contributed by atoms with E-state index in [1.807, 2.05) is 6.92 Å². The van der Waals surface area contributed by atoms with E-state index < -0.39 is 10.0 Å². The van der Waals surface area contributed by atoms with Crippen LogP contribution in [0.25, 0.3) is 0 Å². The second-order valence-corrected chi connectivity index (χ2v) is 5.83. The van der Waals surface area contributed by atoms with Crippen LogP contribution in [0.15, 0.2) is 4.99 Å². The Bertz CT molecular complexity index is 350. The van der Waals surface area contributed by atoms with Gasteiger partial charge in [-0.15, -0.1) is 24.0 Å². The lowest BCUT2D eigenvalue weighted by atomic mass is 10.4. The monoisotopic (exact) mass is 422 g/mol. The number of ether oxygens (including phenoxy) is 1. The highest BCUT2D eigenvalue weighted by Crippen LogP contribution is 1.82. The van der Waals surface area contributed by atoms with E-state index in [2.05, 4.69) is 20.3 Å². The van der Waals surface area contributed by atoms with E-state index in [0.29, 0.717) is 19.5 Å². The molecule has 20 heavy (non-hydrogen) atoms. The average molecular weight is 422 g/mol. The number of nitrogens with zero attached hydrogens (tertiary/aromatic N) is 1. The molecule has 0 aliphatic rings. The number of hydrogen-bond acceptors (Lipinski definition) is 4. The molecule has 0 rings (SSSR count). The molecule has 0 saturated heterocycles. The minimum absolute atomic E-state index is 0. The van der Waals surface area contributed by atoms with Crippen LogP contribution in [0.5, 0.6) is 0 Å². The van der Waals surface area contributed by atoms with Gasteiger partial charge < -0.3 is 15.4 Å². The van der Waals surface area contributed by atoms with E-state index in [0.717, 1.165) is 38.4 Å². The number of sulfonamides is 1. The topological polar surface area (TPSA) is 91.8 Å². The van der Waals surface area contributed by atoms with E-state index in [1.54, 1.807) is 7.05 Å². The number of hydrogen-bond donors (Lipinski definition) is 3. The molecular formula is C11H27IN4O3S. The molecule has 0 aromatic heterocycles. The highest BCUT2D eigenvalue weighted by Gasteiger charge is 2.00. The summed E-state index contributed by atoms with van der Waals surface area (Å²) in [6, 6.07) is 0. The van der Waals surface area contributed by atoms with Crippen LogP contribution in [0.1, 0.15) is 19.8 Å². The maximum absolute atomic E-state index is 10.8. The maximum atomic E-state index is 10.8. The van der Waals surface area contributed by atoms with Gasteiger partial charge in [-0.05, 0) is 19.8 Å². The zero-order chi connectivity index (χ0) is 14.6. The summed E-state index contributed by atoms with van der Waals surface area (Å²) in [5.74, 6) is 0.718. The van der Waals surface area contributed by atoms with Crippen LogP contribution in [0.4, 0.5) is 0 Å². The third-order valence-corrected chi connectivity index (χ3v) is 2.92. The molecule has 0 spiro atoms. The first kappa shape index (κ1) is 22.2. The fourth-order valence-corrected chi connectivity index (χ4v) is 1.81. The van der Waals surface area contributed by atoms with Gasteiger partial charge >= 0.3 is 0 Å². The zero-order valence-corrected chi connectivity index (χ0v) is 15.6. The van der Waals surface area contributed by atoms with E-state index in [9.17, 15) is 8.42 Å². The summed E-state index contributed by atoms with van der Waals surface area (Å²) in [6.45, 7) is 5.32. The predicted octanol–water partition coefficient (Wildman–Crippen LogP) is 0.135. The third-order valence-electron chi connectivity index (χ3n) is 2.20. The van der Waals surface area contributed by atoms with E-state index >= 15 is 0 Å². The van der Waals surface area contributed by atoms with Gasteiger partial charge in [0.15, 0.2) is 5.96 Å². The first-order valence-corrected chi connectivity index (χ1v) is 8.35. The Kier molecular flexibility index (Phi) is 15.3. The van der Waals surface area contributed by atoms with Crippen LogP contribution in [-0.2, 0) is 14.8 Å². The van der Waals surface area contributed by atoms with Crippen molar-refractivity contribution in [2.75, 3.05) is 46.2 Å². The molecule has 0 aromatic rings. The van der Waals surface area contributed by atoms with Crippen molar-refractivity contribution >= 4 is 40.0 Å². The molecule has 0 amide bonds. The van der Waals surface area contributed by atoms with Gasteiger partial charge in [-0.25, -0.2) is 13.1 Å². The fraction of sp³-hybridized carbons (Fsp3) is 0.909. The largest absolute Gasteiger partial charge is 0.382 e. The van der Waals surface area contributed by atoms with Gasteiger partial charge in [-0.1, -0.05) is 0 Å². The molecule has 0 radical (unpaired) electrons. The van der Waals surface area contributed by atoms with Gasteiger partial charge in [0.05, 0.1) is 6.26 Å². The smallest absolute Gasteiger partial charge is 0.208 e. The van der Waals surface area contributed by atoms with Crippen molar-refractivity contribution in [1.29, 1.82) is 0 Å². The Morgan fingerprint density at radius 1 is 1.15 bits per heavy atom. The van der Waals surface area contributed by atoms with E-state index in [4.69, 9.17) is 4.74 Å². The van der Waals surface area contributed by atoms with Crippen LogP contribution in [0.2, 0.25) is 0 Å². The molecule has 0 unspecified atom stereocenters. The summed E-state index contributed by atoms with van der Waals surface area (Å²) in [6.07, 6.45) is 2.77. The Balaban J connectivity index is 0. The van der Waals surface area contributed by atoms with Crippen molar-refractivity contribution in [2.24, 2.45) is 4.99 Å². The van der Waals surface area contributed by atoms with Crippen molar-refractivity contribution in [1.82, 2.24) is 15.4 Å². The zero-order valence-electron chi connectivity index (χ0n) is 12.4. The van der Waals surface area contributed by atoms with E-state index in [-0.39, 0.29) is 24.0 Å². The van der Waals surface area contributed by atoms with Gasteiger partial charge in [-0.3, -0.25) is 4.99 Å². The van der Waals surface area contributed by atoms with Crippen LogP contribution >= 0.6 is 24.0 Å². The summed E-state index contributed by atoms with van der Waals surface area (Å²) in [5, 5.41) is 6.27. The lowest BCUT2D eigenvalue weighted by molar-refractivity contribution is 0.145. The van der Waals surface area contributed by atoms with Crippen molar-refractivity contribution < 1.29 is 13.2 Å². The summed E-state index contributed by atoms with van der Waals surface area (Å²) < 4.78 is 29.3. The summed E-state index contributed by atoms with van der Waals surface area (Å²) in [5.41, 5.74) is 0. The van der Waals surface area contributed by atoms with Gasteiger partial charge in [-0.2, -0.15) is 0 Å². The predicted molar refractivity (Wildman–Crippen MR) is 93.4 cm³/mol. The number of rotatable bonds is 10. The van der Waals surface area contributed by atoms with Gasteiger partial charge in [0.25, 0.3) is 0 Å². The summed E-state index contributed by atoms with van der Waals surface area (Å²) in [7, 11) is -1.39. The molecule has 0 heterocycles. The van der Waals surface area contributed by atoms with Crippen molar-refractivity contribution in [3.8, 4) is 0 Å². The Morgan fingerprint density at radius 3 is 2.25 bits per heavy atom. The standard InChI is InChI=1S/C11H26N4O3S.HI/c1-4-18-10-6-8-14-11(12-2)13-7-5-9-15-19(3,16)17;/h15H,4-10H2,1-3H3,(H2,12,13,14);1H. The maximum Gasteiger partial charge on any atom is 0.208 e. The molecular weight excluding hydrogens is 395 g/mol. The lowest BCUT2D eigenvalue weighted by Crippen LogP contribution is -2.39. The van der Waals surface area contributed by atoms with Crippen LogP contribution in [0, 0.1) is 0 Å². The van der Waals surface area contributed by atoms with Crippen LogP contribution < -0.4 is 15.4 Å². The van der Waals surface area contributed by atoms with Gasteiger partial charge in [0, 0.05) is 39.9 Å². The first-order valence-electron chi connectivity index (χ1n) is 6.46. The number of aliphatic imine (C=N–C) groups is 1. The third kappa shape index (κ3) is 15.9. The summed E-state index contributed by atoms with van der Waals surface area (Å²) in [4.78, 5) is 4.07. The van der Waals surface area contributed by atoms with Crippen LogP contribution in [-0.4, -0.2) is 60.5 Å². The second-order valence-electron chi connectivity index (χ2n) is 4.00. The number of halogens is 1. The normalized spacial score (nSPS) is 11.8. The van der Waals surface area contributed by atoms with E-state index in [1.165, 1.54) is 0 Å². The molecule has 3 N–H and O–H groups in total. The average Bonchev–Trinajstić information content (AvgIpc) is 2.34.